The number of rotatable bonds is 8. The standard InChI is InChI=1S/C40H55NO6S2/c1-4-5-6-9-25-10-7-11-26(16-25)17-27-18-32-34(43)20-28-12-8-13-29(28)22-48-49-23-30-14-15-35-36(33(19-27)41(30)32)24(2)37(46-35)39-38(45-3)31(21-42)40(44)47-39/h7,10-11,15-16,24,27-30,32-34,36,42-43H,4-6,8-9,12-14,17-23H2,1-3H3. The maximum absolute atomic E-state index is 12.7. The normalized spacial score (nSPS) is 36.6. The molecule has 268 valence electrons. The van der Waals surface area contributed by atoms with E-state index >= 15 is 0 Å². The van der Waals surface area contributed by atoms with E-state index in [-0.39, 0.29) is 41.4 Å². The van der Waals surface area contributed by atoms with Gasteiger partial charge in [0.2, 0.25) is 5.76 Å². The molecule has 9 unspecified atom stereocenters. The molecule has 0 spiro atoms. The second-order valence-electron chi connectivity index (χ2n) is 15.4. The Balaban J connectivity index is 1.24. The van der Waals surface area contributed by atoms with Gasteiger partial charge in [0.1, 0.15) is 11.3 Å². The van der Waals surface area contributed by atoms with Crippen LogP contribution in [0.1, 0.15) is 89.2 Å². The first-order valence-electron chi connectivity index (χ1n) is 18.9. The molecule has 9 atom stereocenters. The topological polar surface area (TPSA) is 88.5 Å². The minimum atomic E-state index is -0.580. The number of carbonyl (C=O) groups excluding carboxylic acids is 1. The minimum absolute atomic E-state index is 0.0578. The molecule has 5 aliphatic heterocycles. The van der Waals surface area contributed by atoms with Gasteiger partial charge in [-0.25, -0.2) is 4.79 Å². The Morgan fingerprint density at radius 3 is 2.63 bits per heavy atom. The molecule has 0 amide bonds. The fourth-order valence-corrected chi connectivity index (χ4v) is 12.8. The quantitative estimate of drug-likeness (QED) is 0.161. The summed E-state index contributed by atoms with van der Waals surface area (Å²) in [5, 5.41) is 22.2. The van der Waals surface area contributed by atoms with Gasteiger partial charge in [-0.3, -0.25) is 4.90 Å². The molecule has 7 rings (SSSR count). The third-order valence-electron chi connectivity index (χ3n) is 12.4. The van der Waals surface area contributed by atoms with Crippen molar-refractivity contribution in [2.45, 2.75) is 115 Å². The maximum atomic E-state index is 12.7. The highest BCUT2D eigenvalue weighted by molar-refractivity contribution is 8.76. The number of nitrogens with zero attached hydrogens (tertiary/aromatic N) is 1. The number of allylic oxidation sites excluding steroid dienone is 1. The van der Waals surface area contributed by atoms with Gasteiger partial charge < -0.3 is 24.4 Å². The zero-order chi connectivity index (χ0) is 34.1. The maximum Gasteiger partial charge on any atom is 0.345 e. The summed E-state index contributed by atoms with van der Waals surface area (Å²) in [6.07, 6.45) is 15.4. The summed E-state index contributed by atoms with van der Waals surface area (Å²) < 4.78 is 18.0. The molecule has 49 heavy (non-hydrogen) atoms. The van der Waals surface area contributed by atoms with Gasteiger partial charge in [0.05, 0.1) is 19.8 Å². The molecular weight excluding hydrogens is 655 g/mol. The van der Waals surface area contributed by atoms with Crippen LogP contribution in [0.4, 0.5) is 0 Å². The second-order valence-corrected chi connectivity index (χ2v) is 17.9. The summed E-state index contributed by atoms with van der Waals surface area (Å²) in [7, 11) is 5.57. The highest BCUT2D eigenvalue weighted by Crippen LogP contribution is 2.53. The zero-order valence-electron chi connectivity index (χ0n) is 29.5. The Morgan fingerprint density at radius 1 is 1.02 bits per heavy atom. The largest absolute Gasteiger partial charge is 0.492 e. The van der Waals surface area contributed by atoms with E-state index in [9.17, 15) is 15.0 Å². The molecule has 1 aromatic carbocycles. The predicted molar refractivity (Wildman–Crippen MR) is 196 cm³/mol. The van der Waals surface area contributed by atoms with E-state index in [4.69, 9.17) is 14.2 Å². The molecule has 2 N–H and O–H groups in total. The number of carbonyl (C=O) groups is 1. The molecule has 0 radical (unpaired) electrons. The average Bonchev–Trinajstić information content (AvgIpc) is 3.74. The number of benzene rings is 1. The van der Waals surface area contributed by atoms with Crippen LogP contribution in [0.2, 0.25) is 0 Å². The Hall–Kier alpha value is -1.91. The number of methoxy groups -OCH3 is 1. The van der Waals surface area contributed by atoms with E-state index in [0.717, 1.165) is 50.0 Å². The minimum Gasteiger partial charge on any atom is -0.492 e. The van der Waals surface area contributed by atoms with Crippen LogP contribution in [0.25, 0.3) is 0 Å². The molecule has 7 nitrogen and oxygen atoms in total. The van der Waals surface area contributed by atoms with Gasteiger partial charge in [0.15, 0.2) is 11.5 Å². The van der Waals surface area contributed by atoms with Crippen molar-refractivity contribution in [3.8, 4) is 0 Å². The fourth-order valence-electron chi connectivity index (χ4n) is 9.99. The first-order chi connectivity index (χ1) is 23.9. The van der Waals surface area contributed by atoms with Crippen LogP contribution in [0, 0.1) is 29.6 Å². The van der Waals surface area contributed by atoms with Crippen molar-refractivity contribution in [1.29, 1.82) is 0 Å². The molecule has 0 bridgehead atoms. The van der Waals surface area contributed by atoms with Crippen molar-refractivity contribution < 1.29 is 29.2 Å². The lowest BCUT2D eigenvalue weighted by atomic mass is 9.72. The summed E-state index contributed by atoms with van der Waals surface area (Å²) in [5.41, 5.74) is 2.97. The number of aryl methyl sites for hydroxylation is 1. The summed E-state index contributed by atoms with van der Waals surface area (Å²) in [4.78, 5) is 15.5. The van der Waals surface area contributed by atoms with Crippen molar-refractivity contribution in [3.63, 3.8) is 0 Å². The Kier molecular flexibility index (Phi) is 11.4. The van der Waals surface area contributed by atoms with Gasteiger partial charge >= 0.3 is 5.97 Å². The zero-order valence-corrected chi connectivity index (χ0v) is 31.1. The third kappa shape index (κ3) is 7.26. The highest BCUT2D eigenvalue weighted by atomic mass is 33.1. The molecule has 0 aromatic heterocycles. The molecule has 1 aliphatic carbocycles. The fraction of sp³-hybridized carbons (Fsp3) is 0.675. The number of hydrogen-bond donors (Lipinski definition) is 2. The molecular formula is C40H55NO6S2. The van der Waals surface area contributed by atoms with Crippen LogP contribution in [0.3, 0.4) is 0 Å². The van der Waals surface area contributed by atoms with E-state index in [0.29, 0.717) is 35.3 Å². The lowest BCUT2D eigenvalue weighted by molar-refractivity contribution is -0.133. The number of piperidine rings is 1. The number of ether oxygens (including phenoxy) is 3. The number of unbranched alkanes of at least 4 members (excludes halogenated alkanes) is 2. The van der Waals surface area contributed by atoms with Gasteiger partial charge in [-0.2, -0.15) is 0 Å². The molecule has 3 saturated heterocycles. The number of aliphatic hydroxyl groups excluding tert-OH is 2. The number of fused-ring (bicyclic) bond motifs is 3. The smallest absolute Gasteiger partial charge is 0.345 e. The Bertz CT molecular complexity index is 1460. The van der Waals surface area contributed by atoms with Gasteiger partial charge in [0, 0.05) is 41.5 Å². The van der Waals surface area contributed by atoms with E-state index in [1.165, 1.54) is 62.5 Å². The van der Waals surface area contributed by atoms with Crippen LogP contribution >= 0.6 is 21.6 Å². The third-order valence-corrected chi connectivity index (χ3v) is 14.9. The molecule has 1 saturated carbocycles. The lowest BCUT2D eigenvalue weighted by Crippen LogP contribution is -2.60. The first kappa shape index (κ1) is 35.5. The predicted octanol–water partition coefficient (Wildman–Crippen LogP) is 7.57. The summed E-state index contributed by atoms with van der Waals surface area (Å²) >= 11 is 0. The summed E-state index contributed by atoms with van der Waals surface area (Å²) in [6, 6.07) is 9.83. The van der Waals surface area contributed by atoms with Crippen LogP contribution in [-0.2, 0) is 31.8 Å². The SMILES string of the molecule is CCCCCc1cccc(CC2CC3C(O)CC4CCCC4CSSCC4CC=C5OC(=C6OC(=O)C(CO)=C6OC)C(C)C5C(C2)N43)c1. The molecule has 1 aromatic rings. The van der Waals surface area contributed by atoms with Crippen LogP contribution in [0.15, 0.2) is 59.0 Å². The van der Waals surface area contributed by atoms with Crippen molar-refractivity contribution in [2.24, 2.45) is 29.6 Å². The summed E-state index contributed by atoms with van der Waals surface area (Å²) in [5.74, 6) is 5.49. The number of aliphatic hydroxyl groups is 2. The van der Waals surface area contributed by atoms with Crippen LogP contribution in [0.5, 0.6) is 0 Å². The molecule has 4 fully saturated rings. The van der Waals surface area contributed by atoms with E-state index in [1.807, 2.05) is 21.6 Å². The molecule has 6 aliphatic rings. The average molecular weight is 710 g/mol. The van der Waals surface area contributed by atoms with E-state index in [1.54, 1.807) is 0 Å². The van der Waals surface area contributed by atoms with Gasteiger partial charge in [0.25, 0.3) is 0 Å². The van der Waals surface area contributed by atoms with E-state index < -0.39 is 12.6 Å². The monoisotopic (exact) mass is 709 g/mol. The highest BCUT2D eigenvalue weighted by Gasteiger charge is 2.53. The van der Waals surface area contributed by atoms with Gasteiger partial charge in [-0.05, 0) is 86.3 Å². The van der Waals surface area contributed by atoms with Crippen molar-refractivity contribution in [3.05, 3.63) is 70.1 Å². The van der Waals surface area contributed by atoms with Crippen LogP contribution in [-0.4, -0.2) is 70.5 Å². The number of hydrogen-bond acceptors (Lipinski definition) is 9. The number of esters is 1. The molecule has 9 heteroatoms. The van der Waals surface area contributed by atoms with E-state index in [2.05, 4.69) is 49.1 Å². The number of cyclic esters (lactones) is 1. The summed E-state index contributed by atoms with van der Waals surface area (Å²) in [6.45, 7) is 3.99. The van der Waals surface area contributed by atoms with Gasteiger partial charge in [-0.1, -0.05) is 85.4 Å². The first-order valence-corrected chi connectivity index (χ1v) is 21.4. The molecule has 5 heterocycles. The van der Waals surface area contributed by atoms with Gasteiger partial charge in [-0.15, -0.1) is 0 Å². The second kappa shape index (κ2) is 15.8. The lowest BCUT2D eigenvalue weighted by Gasteiger charge is -2.52. The Labute approximate surface area is 300 Å². The van der Waals surface area contributed by atoms with Crippen molar-refractivity contribution in [2.75, 3.05) is 25.2 Å². The van der Waals surface area contributed by atoms with Crippen molar-refractivity contribution in [1.82, 2.24) is 4.90 Å². The van der Waals surface area contributed by atoms with Crippen LogP contribution < -0.4 is 0 Å². The van der Waals surface area contributed by atoms with Crippen molar-refractivity contribution >= 4 is 27.6 Å². The Morgan fingerprint density at radius 2 is 1.82 bits per heavy atom.